The quantitative estimate of drug-likeness (QED) is 0.391. The second kappa shape index (κ2) is 8.10. The van der Waals surface area contributed by atoms with E-state index in [4.69, 9.17) is 19.9 Å². The maximum atomic E-state index is 12.7. The molecular formula is C29H27N3O4. The number of benzene rings is 3. The molecule has 0 atom stereocenters. The number of nitrogens with one attached hydrogen (secondary N) is 1. The Morgan fingerprint density at radius 2 is 2.03 bits per heavy atom. The third-order valence-corrected chi connectivity index (χ3v) is 7.25. The van der Waals surface area contributed by atoms with Crippen LogP contribution in [0.4, 0.5) is 0 Å². The number of nitrogens with two attached hydrogens (primary N) is 1. The molecule has 1 amide bonds. The van der Waals surface area contributed by atoms with Gasteiger partial charge in [0, 0.05) is 35.9 Å². The second-order valence-electron chi connectivity index (χ2n) is 10.2. The van der Waals surface area contributed by atoms with Gasteiger partial charge in [0.15, 0.2) is 11.5 Å². The van der Waals surface area contributed by atoms with Crippen LogP contribution in [0.5, 0.6) is 23.0 Å². The molecule has 0 unspecified atom stereocenters. The first kappa shape index (κ1) is 21.4. The van der Waals surface area contributed by atoms with Crippen molar-refractivity contribution >= 4 is 27.6 Å². The summed E-state index contributed by atoms with van der Waals surface area (Å²) >= 11 is 0. The Balaban J connectivity index is 1.23. The molecule has 1 aromatic heterocycles. The van der Waals surface area contributed by atoms with Gasteiger partial charge in [-0.05, 0) is 66.8 Å². The van der Waals surface area contributed by atoms with E-state index in [2.05, 4.69) is 10.3 Å². The molecule has 2 aliphatic carbocycles. The first-order valence-electron chi connectivity index (χ1n) is 12.6. The highest BCUT2D eigenvalue weighted by atomic mass is 16.5. The molecule has 2 heterocycles. The SMILES string of the molecule is NC1(COc2cc3nccc(Oc4ccc5c(C(=O)NC6CC6)cccc5c4)c3c3c2OCC3)CC1. The van der Waals surface area contributed by atoms with Crippen molar-refractivity contribution in [2.75, 3.05) is 13.2 Å². The molecule has 0 spiro atoms. The van der Waals surface area contributed by atoms with Crippen LogP contribution in [0.3, 0.4) is 0 Å². The number of hydrogen-bond acceptors (Lipinski definition) is 6. The first-order chi connectivity index (χ1) is 17.6. The zero-order valence-electron chi connectivity index (χ0n) is 19.9. The summed E-state index contributed by atoms with van der Waals surface area (Å²) in [6, 6.07) is 15.7. The lowest BCUT2D eigenvalue weighted by molar-refractivity contribution is 0.0952. The van der Waals surface area contributed by atoms with Crippen molar-refractivity contribution in [1.82, 2.24) is 10.3 Å². The van der Waals surface area contributed by atoms with Crippen LogP contribution in [-0.4, -0.2) is 35.7 Å². The van der Waals surface area contributed by atoms with Crippen molar-refractivity contribution in [2.45, 2.75) is 43.7 Å². The molecule has 7 heteroatoms. The van der Waals surface area contributed by atoms with Gasteiger partial charge in [0.25, 0.3) is 5.91 Å². The van der Waals surface area contributed by atoms with Gasteiger partial charge in [0.2, 0.25) is 0 Å². The fourth-order valence-corrected chi connectivity index (χ4v) is 4.84. The van der Waals surface area contributed by atoms with Crippen molar-refractivity contribution < 1.29 is 19.0 Å². The Hall–Kier alpha value is -3.84. The fourth-order valence-electron chi connectivity index (χ4n) is 4.84. The number of carbonyl (C=O) groups excluding carboxylic acids is 1. The largest absolute Gasteiger partial charge is 0.489 e. The van der Waals surface area contributed by atoms with Crippen LogP contribution in [-0.2, 0) is 6.42 Å². The number of nitrogens with zero attached hydrogens (tertiary/aromatic N) is 1. The molecule has 0 radical (unpaired) electrons. The molecule has 4 aromatic rings. The normalized spacial score (nSPS) is 17.5. The molecule has 182 valence electrons. The molecule has 3 aliphatic rings. The predicted molar refractivity (Wildman–Crippen MR) is 137 cm³/mol. The third kappa shape index (κ3) is 3.89. The Morgan fingerprint density at radius 3 is 2.86 bits per heavy atom. The van der Waals surface area contributed by atoms with Crippen LogP contribution >= 0.6 is 0 Å². The van der Waals surface area contributed by atoms with E-state index >= 15 is 0 Å². The molecule has 7 nitrogen and oxygen atoms in total. The van der Waals surface area contributed by atoms with E-state index in [0.29, 0.717) is 42.1 Å². The topological polar surface area (TPSA) is 95.7 Å². The minimum absolute atomic E-state index is 0.0206. The standard InChI is InChI=1S/C29H27N3O4/c30-29(10-11-29)16-35-25-15-23-26(22-9-13-34-27(22)25)24(8-12-31-23)36-19-6-7-20-17(14-19)2-1-3-21(20)28(33)32-18-4-5-18/h1-3,6-8,12,14-15,18H,4-5,9-11,13,16,30H2,(H,32,33). The van der Waals surface area contributed by atoms with Crippen molar-refractivity contribution in [2.24, 2.45) is 5.73 Å². The van der Waals surface area contributed by atoms with Gasteiger partial charge in [-0.1, -0.05) is 12.1 Å². The van der Waals surface area contributed by atoms with Crippen LogP contribution in [0.1, 0.15) is 41.6 Å². The summed E-state index contributed by atoms with van der Waals surface area (Å²) < 4.78 is 18.5. The number of aromatic nitrogens is 1. The van der Waals surface area contributed by atoms with E-state index in [0.717, 1.165) is 65.1 Å². The zero-order valence-corrected chi connectivity index (χ0v) is 19.9. The van der Waals surface area contributed by atoms with Crippen LogP contribution in [0.2, 0.25) is 0 Å². The summed E-state index contributed by atoms with van der Waals surface area (Å²) in [4.78, 5) is 17.3. The van der Waals surface area contributed by atoms with E-state index in [1.54, 1.807) is 6.20 Å². The summed E-state index contributed by atoms with van der Waals surface area (Å²) in [6.07, 6.45) is 6.60. The second-order valence-corrected chi connectivity index (χ2v) is 10.2. The predicted octanol–water partition coefficient (Wildman–Crippen LogP) is 4.88. The molecule has 3 aromatic carbocycles. The van der Waals surface area contributed by atoms with E-state index < -0.39 is 0 Å². The van der Waals surface area contributed by atoms with Crippen LogP contribution < -0.4 is 25.3 Å². The van der Waals surface area contributed by atoms with Crippen molar-refractivity contribution in [3.63, 3.8) is 0 Å². The highest BCUT2D eigenvalue weighted by Crippen LogP contribution is 2.45. The summed E-state index contributed by atoms with van der Waals surface area (Å²) in [5.74, 6) is 2.84. The Kier molecular flexibility index (Phi) is 4.82. The summed E-state index contributed by atoms with van der Waals surface area (Å²) in [6.45, 7) is 1.07. The minimum Gasteiger partial charge on any atom is -0.489 e. The number of amides is 1. The van der Waals surface area contributed by atoms with Gasteiger partial charge >= 0.3 is 0 Å². The molecule has 2 fully saturated rings. The van der Waals surface area contributed by atoms with Crippen LogP contribution in [0.25, 0.3) is 21.7 Å². The highest BCUT2D eigenvalue weighted by molar-refractivity contribution is 6.07. The lowest BCUT2D eigenvalue weighted by atomic mass is 10.0. The van der Waals surface area contributed by atoms with Gasteiger partial charge in [-0.3, -0.25) is 9.78 Å². The lowest BCUT2D eigenvalue weighted by Crippen LogP contribution is -2.29. The molecule has 7 rings (SSSR count). The number of hydrogen-bond donors (Lipinski definition) is 2. The number of carbonyl (C=O) groups is 1. The maximum absolute atomic E-state index is 12.7. The van der Waals surface area contributed by atoms with E-state index in [9.17, 15) is 4.79 Å². The highest BCUT2D eigenvalue weighted by Gasteiger charge is 2.39. The van der Waals surface area contributed by atoms with Crippen LogP contribution in [0.15, 0.2) is 54.7 Å². The molecule has 0 bridgehead atoms. The van der Waals surface area contributed by atoms with Crippen molar-refractivity contribution in [1.29, 1.82) is 0 Å². The van der Waals surface area contributed by atoms with Gasteiger partial charge in [-0.2, -0.15) is 0 Å². The van der Waals surface area contributed by atoms with E-state index in [1.165, 1.54) is 0 Å². The van der Waals surface area contributed by atoms with Gasteiger partial charge < -0.3 is 25.3 Å². The van der Waals surface area contributed by atoms with Gasteiger partial charge in [-0.15, -0.1) is 0 Å². The smallest absolute Gasteiger partial charge is 0.252 e. The lowest BCUT2D eigenvalue weighted by Gasteiger charge is -2.16. The van der Waals surface area contributed by atoms with Gasteiger partial charge in [-0.25, -0.2) is 0 Å². The molecule has 3 N–H and O–H groups in total. The molecule has 1 aliphatic heterocycles. The summed E-state index contributed by atoms with van der Waals surface area (Å²) in [7, 11) is 0. The van der Waals surface area contributed by atoms with Gasteiger partial charge in [0.1, 0.15) is 18.1 Å². The van der Waals surface area contributed by atoms with Crippen molar-refractivity contribution in [3.8, 4) is 23.0 Å². The maximum Gasteiger partial charge on any atom is 0.252 e. The third-order valence-electron chi connectivity index (χ3n) is 7.25. The zero-order chi connectivity index (χ0) is 24.3. The minimum atomic E-state index is -0.215. The monoisotopic (exact) mass is 481 g/mol. The first-order valence-corrected chi connectivity index (χ1v) is 12.6. The fraction of sp³-hybridized carbons (Fsp3) is 0.310. The number of ether oxygens (including phenoxy) is 3. The number of pyridine rings is 1. The number of rotatable bonds is 7. The van der Waals surface area contributed by atoms with Crippen molar-refractivity contribution in [3.05, 3.63) is 65.9 Å². The van der Waals surface area contributed by atoms with Gasteiger partial charge in [0.05, 0.1) is 23.0 Å². The van der Waals surface area contributed by atoms with E-state index in [1.807, 2.05) is 48.5 Å². The summed E-state index contributed by atoms with van der Waals surface area (Å²) in [5, 5.41) is 5.88. The Labute approximate surface area is 208 Å². The Morgan fingerprint density at radius 1 is 1.14 bits per heavy atom. The Bertz CT molecular complexity index is 1520. The molecule has 36 heavy (non-hydrogen) atoms. The number of fused-ring (bicyclic) bond motifs is 4. The van der Waals surface area contributed by atoms with E-state index in [-0.39, 0.29) is 11.4 Å². The molecule has 0 saturated heterocycles. The summed E-state index contributed by atoms with van der Waals surface area (Å²) in [5.41, 5.74) is 8.55. The average molecular weight is 482 g/mol. The average Bonchev–Trinajstić information content (AvgIpc) is 3.79. The molecular weight excluding hydrogens is 454 g/mol. The molecule has 2 saturated carbocycles. The van der Waals surface area contributed by atoms with Crippen LogP contribution in [0, 0.1) is 0 Å².